The summed E-state index contributed by atoms with van der Waals surface area (Å²) < 4.78 is 20.7. The minimum atomic E-state index is -0.563. The van der Waals surface area contributed by atoms with Crippen molar-refractivity contribution < 1.29 is 23.5 Å². The van der Waals surface area contributed by atoms with Crippen LogP contribution in [0.5, 0.6) is 11.5 Å². The highest BCUT2D eigenvalue weighted by molar-refractivity contribution is 6.30. The molecule has 1 heterocycles. The van der Waals surface area contributed by atoms with Gasteiger partial charge in [0.2, 0.25) is 5.82 Å². The number of halogens is 1. The molecule has 0 N–H and O–H groups in total. The van der Waals surface area contributed by atoms with Crippen LogP contribution in [-0.4, -0.2) is 30.3 Å². The van der Waals surface area contributed by atoms with Gasteiger partial charge in [0, 0.05) is 22.2 Å². The third kappa shape index (κ3) is 4.89. The largest absolute Gasteiger partial charge is 0.497 e. The number of nitrogens with zero attached hydrogens (tertiary/aromatic N) is 2. The molecule has 0 atom stereocenters. The Kier molecular flexibility index (Phi) is 6.29. The summed E-state index contributed by atoms with van der Waals surface area (Å²) in [6, 6.07) is 12.3. The molecule has 1 aromatic heterocycles. The van der Waals surface area contributed by atoms with E-state index in [4.69, 9.17) is 30.3 Å². The molecule has 0 aliphatic heterocycles. The molecule has 2 aromatic carbocycles. The molecule has 0 radical (unpaired) electrons. The molecule has 0 fully saturated rings. The van der Waals surface area contributed by atoms with Gasteiger partial charge in [0.05, 0.1) is 14.2 Å². The molecule has 0 bridgehead atoms. The summed E-state index contributed by atoms with van der Waals surface area (Å²) in [5.41, 5.74) is 1.39. The van der Waals surface area contributed by atoms with Gasteiger partial charge in [0.15, 0.2) is 6.61 Å². The van der Waals surface area contributed by atoms with Crippen LogP contribution in [0.1, 0.15) is 11.5 Å². The summed E-state index contributed by atoms with van der Waals surface area (Å²) >= 11 is 5.95. The van der Waals surface area contributed by atoms with Crippen LogP contribution in [0.25, 0.3) is 17.5 Å². The van der Waals surface area contributed by atoms with Gasteiger partial charge < -0.3 is 18.7 Å². The maximum atomic E-state index is 12.0. The normalized spacial score (nSPS) is 10.8. The lowest BCUT2D eigenvalue weighted by molar-refractivity contribution is -0.139. The van der Waals surface area contributed by atoms with Crippen LogP contribution < -0.4 is 9.47 Å². The molecule has 8 heteroatoms. The number of hydrogen-bond acceptors (Lipinski definition) is 7. The number of rotatable bonds is 7. The van der Waals surface area contributed by atoms with E-state index in [-0.39, 0.29) is 12.5 Å². The van der Waals surface area contributed by atoms with Crippen molar-refractivity contribution in [3.63, 3.8) is 0 Å². The molecule has 0 unspecified atom stereocenters. The average Bonchev–Trinajstić information content (AvgIpc) is 3.19. The number of hydrogen-bond donors (Lipinski definition) is 0. The van der Waals surface area contributed by atoms with Gasteiger partial charge in [-0.3, -0.25) is 0 Å². The van der Waals surface area contributed by atoms with Gasteiger partial charge in [-0.2, -0.15) is 4.98 Å². The molecule has 0 amide bonds. The Morgan fingerprint density at radius 3 is 2.79 bits per heavy atom. The predicted octanol–water partition coefficient (Wildman–Crippen LogP) is 4.16. The number of carbonyl (C=O) groups excluding carboxylic acids is 1. The zero-order valence-electron chi connectivity index (χ0n) is 15.2. The molecule has 3 rings (SSSR count). The minimum Gasteiger partial charge on any atom is -0.497 e. The van der Waals surface area contributed by atoms with E-state index < -0.39 is 5.97 Å². The van der Waals surface area contributed by atoms with Crippen molar-refractivity contribution >= 4 is 23.6 Å². The predicted molar refractivity (Wildman–Crippen MR) is 103 cm³/mol. The third-order valence-corrected chi connectivity index (χ3v) is 3.96. The summed E-state index contributed by atoms with van der Waals surface area (Å²) in [7, 11) is 3.11. The van der Waals surface area contributed by atoms with Crippen LogP contribution in [-0.2, 0) is 16.1 Å². The van der Waals surface area contributed by atoms with Crippen molar-refractivity contribution in [3.05, 3.63) is 65.0 Å². The summed E-state index contributed by atoms with van der Waals surface area (Å²) in [4.78, 5) is 16.2. The molecule has 0 saturated heterocycles. The van der Waals surface area contributed by atoms with Crippen molar-refractivity contribution in [2.24, 2.45) is 0 Å². The molecule has 7 nitrogen and oxygen atoms in total. The first kappa shape index (κ1) is 19.4. The highest BCUT2D eigenvalue weighted by Gasteiger charge is 2.11. The fourth-order valence-electron chi connectivity index (χ4n) is 2.37. The lowest BCUT2D eigenvalue weighted by Gasteiger charge is -2.07. The first-order chi connectivity index (χ1) is 13.6. The SMILES string of the molecule is COc1ccc(OC)c(/C=C/C(=O)OCc2nc(-c3cccc(Cl)c3)no2)c1. The lowest BCUT2D eigenvalue weighted by atomic mass is 10.1. The Balaban J connectivity index is 1.61. The van der Waals surface area contributed by atoms with Crippen molar-refractivity contribution in [1.29, 1.82) is 0 Å². The Morgan fingerprint density at radius 1 is 1.18 bits per heavy atom. The summed E-state index contributed by atoms with van der Waals surface area (Å²) in [5.74, 6) is 1.23. The van der Waals surface area contributed by atoms with E-state index in [1.165, 1.54) is 6.08 Å². The van der Waals surface area contributed by atoms with Crippen LogP contribution in [0.3, 0.4) is 0 Å². The quantitative estimate of drug-likeness (QED) is 0.434. The van der Waals surface area contributed by atoms with E-state index >= 15 is 0 Å². The molecule has 144 valence electrons. The Morgan fingerprint density at radius 2 is 2.04 bits per heavy atom. The number of ether oxygens (including phenoxy) is 3. The first-order valence-electron chi connectivity index (χ1n) is 8.24. The summed E-state index contributed by atoms with van der Waals surface area (Å²) in [6.45, 7) is -0.147. The summed E-state index contributed by atoms with van der Waals surface area (Å²) in [5, 5.41) is 4.42. The maximum Gasteiger partial charge on any atom is 0.331 e. The van der Waals surface area contributed by atoms with Gasteiger partial charge in [-0.25, -0.2) is 4.79 Å². The maximum absolute atomic E-state index is 12.0. The molecular weight excluding hydrogens is 384 g/mol. The van der Waals surface area contributed by atoms with E-state index in [2.05, 4.69) is 10.1 Å². The fourth-order valence-corrected chi connectivity index (χ4v) is 2.56. The van der Waals surface area contributed by atoms with Crippen molar-refractivity contribution in [2.75, 3.05) is 14.2 Å². The van der Waals surface area contributed by atoms with Crippen molar-refractivity contribution in [3.8, 4) is 22.9 Å². The molecule has 3 aromatic rings. The van der Waals surface area contributed by atoms with Gasteiger partial charge >= 0.3 is 5.97 Å². The van der Waals surface area contributed by atoms with Gasteiger partial charge in [0.25, 0.3) is 5.89 Å². The lowest BCUT2D eigenvalue weighted by Crippen LogP contribution is -2.01. The van der Waals surface area contributed by atoms with E-state index in [1.54, 1.807) is 62.8 Å². The number of aromatic nitrogens is 2. The third-order valence-electron chi connectivity index (χ3n) is 3.72. The molecule has 0 saturated carbocycles. The Bertz CT molecular complexity index is 1000. The topological polar surface area (TPSA) is 83.7 Å². The van der Waals surface area contributed by atoms with Crippen LogP contribution in [0, 0.1) is 0 Å². The standard InChI is InChI=1S/C20H17ClN2O5/c1-25-16-7-8-17(26-2)13(11-16)6-9-19(24)27-12-18-22-20(23-28-18)14-4-3-5-15(21)10-14/h3-11H,12H2,1-2H3/b9-6+. The molecule has 0 spiro atoms. The molecule has 28 heavy (non-hydrogen) atoms. The smallest absolute Gasteiger partial charge is 0.331 e. The van der Waals surface area contributed by atoms with Gasteiger partial charge in [-0.1, -0.05) is 28.9 Å². The van der Waals surface area contributed by atoms with Crippen LogP contribution in [0.4, 0.5) is 0 Å². The second kappa shape index (κ2) is 9.05. The van der Waals surface area contributed by atoms with Crippen LogP contribution in [0.2, 0.25) is 5.02 Å². The summed E-state index contributed by atoms with van der Waals surface area (Å²) in [6.07, 6.45) is 2.86. The van der Waals surface area contributed by atoms with Gasteiger partial charge in [0.1, 0.15) is 11.5 Å². The fraction of sp³-hybridized carbons (Fsp3) is 0.150. The van der Waals surface area contributed by atoms with Gasteiger partial charge in [-0.15, -0.1) is 0 Å². The zero-order chi connectivity index (χ0) is 19.9. The second-order valence-electron chi connectivity index (χ2n) is 5.57. The Labute approximate surface area is 166 Å². The number of esters is 1. The van der Waals surface area contributed by atoms with Crippen molar-refractivity contribution in [1.82, 2.24) is 10.1 Å². The second-order valence-corrected chi connectivity index (χ2v) is 6.01. The highest BCUT2D eigenvalue weighted by atomic mass is 35.5. The number of methoxy groups -OCH3 is 2. The van der Waals surface area contributed by atoms with Crippen LogP contribution in [0.15, 0.2) is 53.1 Å². The first-order valence-corrected chi connectivity index (χ1v) is 8.62. The van der Waals surface area contributed by atoms with E-state index in [0.29, 0.717) is 33.5 Å². The number of benzene rings is 2. The van der Waals surface area contributed by atoms with E-state index in [1.807, 2.05) is 0 Å². The molecule has 0 aliphatic carbocycles. The zero-order valence-corrected chi connectivity index (χ0v) is 16.0. The molecular formula is C20H17ClN2O5. The number of carbonyl (C=O) groups is 1. The average molecular weight is 401 g/mol. The highest BCUT2D eigenvalue weighted by Crippen LogP contribution is 2.25. The van der Waals surface area contributed by atoms with Gasteiger partial charge in [-0.05, 0) is 36.4 Å². The molecule has 0 aliphatic rings. The van der Waals surface area contributed by atoms with Crippen LogP contribution >= 0.6 is 11.6 Å². The van der Waals surface area contributed by atoms with E-state index in [0.717, 1.165) is 0 Å². The van der Waals surface area contributed by atoms with E-state index in [9.17, 15) is 4.79 Å². The minimum absolute atomic E-state index is 0.147. The monoisotopic (exact) mass is 400 g/mol. The Hall–Kier alpha value is -3.32. The van der Waals surface area contributed by atoms with Crippen molar-refractivity contribution in [2.45, 2.75) is 6.61 Å².